The topological polar surface area (TPSA) is 29.5 Å². The third-order valence-corrected chi connectivity index (χ3v) is 10.9. The minimum Gasteiger partial charge on any atom is -0.456 e. The summed E-state index contributed by atoms with van der Waals surface area (Å²) in [5, 5.41) is 6.50. The van der Waals surface area contributed by atoms with Gasteiger partial charge < -0.3 is 13.7 Å². The number of hydrogen-bond donors (Lipinski definition) is 0. The van der Waals surface area contributed by atoms with Gasteiger partial charge in [-0.3, -0.25) is 0 Å². The van der Waals surface area contributed by atoms with Crippen LogP contribution in [0.5, 0.6) is 0 Å². The summed E-state index contributed by atoms with van der Waals surface area (Å²) in [5.74, 6) is 0. The molecule has 55 heavy (non-hydrogen) atoms. The van der Waals surface area contributed by atoms with Gasteiger partial charge in [0.2, 0.25) is 0 Å². The van der Waals surface area contributed by atoms with E-state index >= 15 is 0 Å². The van der Waals surface area contributed by atoms with Gasteiger partial charge in [-0.2, -0.15) is 0 Å². The van der Waals surface area contributed by atoms with Crippen LogP contribution in [0, 0.1) is 0 Å². The zero-order valence-electron chi connectivity index (χ0n) is 29.8. The Morgan fingerprint density at radius 3 is 1.78 bits per heavy atom. The van der Waals surface area contributed by atoms with Gasteiger partial charge in [-0.25, -0.2) is 0 Å². The largest absolute Gasteiger partial charge is 0.456 e. The van der Waals surface area contributed by atoms with E-state index in [1.165, 1.54) is 21.9 Å². The Morgan fingerprint density at radius 2 is 0.945 bits per heavy atom. The molecule has 258 valence electrons. The van der Waals surface area contributed by atoms with Crippen LogP contribution in [-0.2, 0) is 0 Å². The van der Waals surface area contributed by atoms with Gasteiger partial charge in [-0.15, -0.1) is 0 Å². The molecule has 0 saturated carbocycles. The zero-order chi connectivity index (χ0) is 36.3. The van der Waals surface area contributed by atoms with E-state index in [1.807, 2.05) is 6.07 Å². The van der Waals surface area contributed by atoms with Gasteiger partial charge in [0.05, 0.1) is 16.8 Å². The van der Waals surface area contributed by atoms with E-state index in [1.54, 1.807) is 0 Å². The molecule has 9 aromatic carbocycles. The SMILES string of the molecule is c1ccc(-c2ccc(N(c3ccccc3-c3ccccc3)c3cccc4oc5c(-c6cccc7ccccc67)c6c(cc5c34)oc3ccccc36)cc2)cc1. The summed E-state index contributed by atoms with van der Waals surface area (Å²) in [6.07, 6.45) is 0. The molecule has 3 heteroatoms. The second kappa shape index (κ2) is 12.6. The molecule has 0 amide bonds. The van der Waals surface area contributed by atoms with Gasteiger partial charge >= 0.3 is 0 Å². The molecule has 11 rings (SSSR count). The number of furan rings is 2. The van der Waals surface area contributed by atoms with E-state index in [-0.39, 0.29) is 0 Å². The summed E-state index contributed by atoms with van der Waals surface area (Å²) in [5.41, 5.74) is 13.3. The lowest BCUT2D eigenvalue weighted by molar-refractivity contribution is 0.664. The van der Waals surface area contributed by atoms with Crippen LogP contribution in [-0.4, -0.2) is 0 Å². The van der Waals surface area contributed by atoms with E-state index < -0.39 is 0 Å². The maximum Gasteiger partial charge on any atom is 0.144 e. The Bertz CT molecular complexity index is 3190. The highest BCUT2D eigenvalue weighted by Crippen LogP contribution is 2.50. The first-order valence-electron chi connectivity index (χ1n) is 18.7. The molecular weight excluding hydrogens is 671 g/mol. The van der Waals surface area contributed by atoms with Crippen LogP contribution in [0.3, 0.4) is 0 Å². The summed E-state index contributed by atoms with van der Waals surface area (Å²) in [6.45, 7) is 0. The first-order valence-corrected chi connectivity index (χ1v) is 18.7. The number of fused-ring (bicyclic) bond motifs is 7. The van der Waals surface area contributed by atoms with E-state index in [2.05, 4.69) is 199 Å². The van der Waals surface area contributed by atoms with E-state index in [0.717, 1.165) is 83.2 Å². The minimum absolute atomic E-state index is 0.814. The molecule has 11 aromatic rings. The minimum atomic E-state index is 0.814. The van der Waals surface area contributed by atoms with Crippen LogP contribution in [0.2, 0.25) is 0 Å². The normalized spacial score (nSPS) is 11.6. The number of anilines is 3. The first kappa shape index (κ1) is 31.2. The number of benzene rings is 9. The van der Waals surface area contributed by atoms with Crippen molar-refractivity contribution in [3.8, 4) is 33.4 Å². The van der Waals surface area contributed by atoms with Gasteiger partial charge in [0.25, 0.3) is 0 Å². The highest BCUT2D eigenvalue weighted by molar-refractivity contribution is 6.27. The van der Waals surface area contributed by atoms with Crippen molar-refractivity contribution in [2.45, 2.75) is 0 Å². The van der Waals surface area contributed by atoms with Crippen LogP contribution in [0.4, 0.5) is 17.1 Å². The number of hydrogen-bond acceptors (Lipinski definition) is 3. The van der Waals surface area contributed by atoms with Crippen LogP contribution < -0.4 is 4.90 Å². The van der Waals surface area contributed by atoms with Crippen LogP contribution in [0.1, 0.15) is 0 Å². The monoisotopic (exact) mass is 703 g/mol. The molecule has 3 nitrogen and oxygen atoms in total. The molecule has 0 radical (unpaired) electrons. The highest BCUT2D eigenvalue weighted by Gasteiger charge is 2.26. The molecule has 0 spiro atoms. The molecule has 2 aromatic heterocycles. The first-order chi connectivity index (χ1) is 27.3. The average Bonchev–Trinajstić information content (AvgIpc) is 3.82. The predicted molar refractivity (Wildman–Crippen MR) is 229 cm³/mol. The summed E-state index contributed by atoms with van der Waals surface area (Å²) in [4.78, 5) is 2.38. The van der Waals surface area contributed by atoms with Gasteiger partial charge in [0.15, 0.2) is 0 Å². The van der Waals surface area contributed by atoms with Crippen molar-refractivity contribution in [1.29, 1.82) is 0 Å². The molecule has 0 aliphatic rings. The molecule has 0 aliphatic heterocycles. The van der Waals surface area contributed by atoms with Crippen molar-refractivity contribution in [1.82, 2.24) is 0 Å². The predicted octanol–water partition coefficient (Wildman–Crippen LogP) is 15.1. The zero-order valence-corrected chi connectivity index (χ0v) is 29.8. The lowest BCUT2D eigenvalue weighted by Crippen LogP contribution is -2.11. The second-order valence-corrected chi connectivity index (χ2v) is 14.0. The molecule has 0 aliphatic carbocycles. The Morgan fingerprint density at radius 1 is 0.345 bits per heavy atom. The Hall–Kier alpha value is -7.36. The molecule has 0 fully saturated rings. The van der Waals surface area contributed by atoms with Crippen LogP contribution in [0.15, 0.2) is 209 Å². The summed E-state index contributed by atoms with van der Waals surface area (Å²) >= 11 is 0. The van der Waals surface area contributed by atoms with Crippen LogP contribution >= 0.6 is 0 Å². The van der Waals surface area contributed by atoms with Crippen molar-refractivity contribution in [2.24, 2.45) is 0 Å². The lowest BCUT2D eigenvalue weighted by Gasteiger charge is -2.28. The van der Waals surface area contributed by atoms with Gasteiger partial charge in [-0.05, 0) is 75.5 Å². The van der Waals surface area contributed by atoms with E-state index in [9.17, 15) is 0 Å². The molecular formula is C52H33NO2. The smallest absolute Gasteiger partial charge is 0.144 e. The van der Waals surface area contributed by atoms with Crippen molar-refractivity contribution in [3.63, 3.8) is 0 Å². The second-order valence-electron chi connectivity index (χ2n) is 14.0. The maximum absolute atomic E-state index is 7.10. The van der Waals surface area contributed by atoms with Crippen LogP contribution in [0.25, 0.3) is 88.0 Å². The Kier molecular flexibility index (Phi) is 7.17. The number of rotatable bonds is 6. The number of para-hydroxylation sites is 2. The van der Waals surface area contributed by atoms with Crippen molar-refractivity contribution in [3.05, 3.63) is 200 Å². The standard InChI is InChI=1S/C52H33NO2/c1-3-15-34(16-4-1)35-29-31-38(32-30-35)53(44-25-11-9-22-40(44)37-17-5-2-6-18-37)45-26-14-28-47-49(45)43-33-48-50(42-23-10-12-27-46(42)54-48)51(52(43)55-47)41-24-13-20-36-19-7-8-21-39(36)41/h1-33H. The molecule has 2 heterocycles. The van der Waals surface area contributed by atoms with E-state index in [0.29, 0.717) is 0 Å². The molecule has 0 unspecified atom stereocenters. The third-order valence-electron chi connectivity index (χ3n) is 10.9. The van der Waals surface area contributed by atoms with Gasteiger partial charge in [0.1, 0.15) is 22.3 Å². The summed E-state index contributed by atoms with van der Waals surface area (Å²) in [6, 6.07) is 70.7. The lowest BCUT2D eigenvalue weighted by atomic mass is 9.92. The van der Waals surface area contributed by atoms with Gasteiger partial charge in [0, 0.05) is 33.0 Å². The molecule has 0 atom stereocenters. The van der Waals surface area contributed by atoms with Crippen molar-refractivity contribution >= 4 is 71.7 Å². The quantitative estimate of drug-likeness (QED) is 0.173. The number of nitrogens with zero attached hydrogens (tertiary/aromatic N) is 1. The third kappa shape index (κ3) is 5.05. The molecule has 0 bridgehead atoms. The summed E-state index contributed by atoms with van der Waals surface area (Å²) in [7, 11) is 0. The van der Waals surface area contributed by atoms with Crippen molar-refractivity contribution < 1.29 is 8.83 Å². The average molecular weight is 704 g/mol. The molecule has 0 saturated heterocycles. The Labute approximate surface area is 317 Å². The molecule has 0 N–H and O–H groups in total. The fourth-order valence-corrected chi connectivity index (χ4v) is 8.40. The van der Waals surface area contributed by atoms with Gasteiger partial charge in [-0.1, -0.05) is 158 Å². The fourth-order valence-electron chi connectivity index (χ4n) is 8.40. The maximum atomic E-state index is 7.10. The highest BCUT2D eigenvalue weighted by atomic mass is 16.3. The van der Waals surface area contributed by atoms with Crippen molar-refractivity contribution in [2.75, 3.05) is 4.90 Å². The fraction of sp³-hybridized carbons (Fsp3) is 0. The Balaban J connectivity index is 1.24. The summed E-state index contributed by atoms with van der Waals surface area (Å²) < 4.78 is 13.8. The van der Waals surface area contributed by atoms with E-state index in [4.69, 9.17) is 8.83 Å².